The minimum absolute atomic E-state index is 0.336. The van der Waals surface area contributed by atoms with Crippen molar-refractivity contribution in [3.8, 4) is 0 Å². The molecule has 2 heterocycles. The lowest BCUT2D eigenvalue weighted by atomic mass is 10.2. The highest BCUT2D eigenvalue weighted by Gasteiger charge is 2.32. The highest BCUT2D eigenvalue weighted by molar-refractivity contribution is 6.35. The zero-order valence-electron chi connectivity index (χ0n) is 12.0. The number of carbonyl (C=O) groups excluding carboxylic acids is 2. The average Bonchev–Trinajstić information content (AvgIpc) is 2.64. The van der Waals surface area contributed by atoms with Gasteiger partial charge < -0.3 is 9.80 Å². The standard InChI is InChI=1S/C13H19ClN4O2/c1-4-5-17-6-7-18(13(20)12(17)19)8-10-9(2)15-16(3)11(10)14/h4-8H2,1-3H3. The first-order chi connectivity index (χ1) is 9.45. The molecule has 0 bridgehead atoms. The lowest BCUT2D eigenvalue weighted by molar-refractivity contribution is -0.156. The van der Waals surface area contributed by atoms with Crippen LogP contribution >= 0.6 is 11.6 Å². The van der Waals surface area contributed by atoms with Crippen LogP contribution in [0, 0.1) is 6.92 Å². The van der Waals surface area contributed by atoms with Gasteiger partial charge in [-0.1, -0.05) is 18.5 Å². The van der Waals surface area contributed by atoms with Gasteiger partial charge in [-0.25, -0.2) is 0 Å². The van der Waals surface area contributed by atoms with Crippen molar-refractivity contribution in [2.24, 2.45) is 7.05 Å². The quantitative estimate of drug-likeness (QED) is 0.778. The van der Waals surface area contributed by atoms with Crippen molar-refractivity contribution in [2.45, 2.75) is 26.8 Å². The number of carbonyl (C=O) groups is 2. The van der Waals surface area contributed by atoms with Gasteiger partial charge in [-0.2, -0.15) is 5.10 Å². The number of hydrogen-bond donors (Lipinski definition) is 0. The van der Waals surface area contributed by atoms with Crippen LogP contribution in [0.3, 0.4) is 0 Å². The predicted octanol–water partition coefficient (Wildman–Crippen LogP) is 0.963. The Kier molecular flexibility index (Phi) is 4.32. The fourth-order valence-electron chi connectivity index (χ4n) is 2.39. The Morgan fingerprint density at radius 3 is 2.35 bits per heavy atom. The van der Waals surface area contributed by atoms with Gasteiger partial charge in [0.1, 0.15) is 5.15 Å². The van der Waals surface area contributed by atoms with Crippen LogP contribution in [-0.2, 0) is 23.2 Å². The van der Waals surface area contributed by atoms with Gasteiger partial charge in [0.25, 0.3) is 0 Å². The van der Waals surface area contributed by atoms with Gasteiger partial charge in [-0.05, 0) is 13.3 Å². The van der Waals surface area contributed by atoms with E-state index in [9.17, 15) is 9.59 Å². The highest BCUT2D eigenvalue weighted by atomic mass is 35.5. The zero-order chi connectivity index (χ0) is 14.9. The minimum Gasteiger partial charge on any atom is -0.333 e. The first-order valence-corrected chi connectivity index (χ1v) is 7.09. The fourth-order valence-corrected chi connectivity index (χ4v) is 2.63. The van der Waals surface area contributed by atoms with Crippen LogP contribution in [0.5, 0.6) is 0 Å². The minimum atomic E-state index is -0.455. The molecule has 2 amide bonds. The topological polar surface area (TPSA) is 58.4 Å². The number of aromatic nitrogens is 2. The molecule has 7 heteroatoms. The van der Waals surface area contributed by atoms with E-state index in [4.69, 9.17) is 11.6 Å². The van der Waals surface area contributed by atoms with Crippen molar-refractivity contribution in [1.82, 2.24) is 19.6 Å². The maximum atomic E-state index is 12.1. The lowest BCUT2D eigenvalue weighted by Gasteiger charge is -2.33. The summed E-state index contributed by atoms with van der Waals surface area (Å²) in [7, 11) is 1.75. The van der Waals surface area contributed by atoms with E-state index in [0.29, 0.717) is 31.3 Å². The van der Waals surface area contributed by atoms with Crippen molar-refractivity contribution >= 4 is 23.4 Å². The number of piperazine rings is 1. The molecule has 6 nitrogen and oxygen atoms in total. The second-order valence-corrected chi connectivity index (χ2v) is 5.36. The highest BCUT2D eigenvalue weighted by Crippen LogP contribution is 2.21. The van der Waals surface area contributed by atoms with E-state index in [1.54, 1.807) is 21.5 Å². The molecule has 1 aliphatic rings. The van der Waals surface area contributed by atoms with Gasteiger partial charge in [-0.15, -0.1) is 0 Å². The second-order valence-electron chi connectivity index (χ2n) is 5.00. The van der Waals surface area contributed by atoms with Crippen LogP contribution in [-0.4, -0.2) is 51.0 Å². The van der Waals surface area contributed by atoms with Crippen LogP contribution in [0.25, 0.3) is 0 Å². The van der Waals surface area contributed by atoms with Crippen molar-refractivity contribution in [3.63, 3.8) is 0 Å². The number of halogens is 1. The number of rotatable bonds is 4. The number of hydrogen-bond acceptors (Lipinski definition) is 3. The third kappa shape index (κ3) is 2.65. The maximum Gasteiger partial charge on any atom is 0.312 e. The second kappa shape index (κ2) is 5.83. The molecule has 1 saturated heterocycles. The summed E-state index contributed by atoms with van der Waals surface area (Å²) in [4.78, 5) is 27.2. The van der Waals surface area contributed by atoms with Crippen LogP contribution < -0.4 is 0 Å². The van der Waals surface area contributed by atoms with Crippen molar-refractivity contribution < 1.29 is 9.59 Å². The average molecular weight is 299 g/mol. The first-order valence-electron chi connectivity index (χ1n) is 6.71. The van der Waals surface area contributed by atoms with Crippen molar-refractivity contribution in [2.75, 3.05) is 19.6 Å². The molecule has 20 heavy (non-hydrogen) atoms. The first kappa shape index (κ1) is 14.8. The molecule has 2 rings (SSSR count). The third-order valence-corrected chi connectivity index (χ3v) is 3.98. The van der Waals surface area contributed by atoms with Crippen molar-refractivity contribution in [3.05, 3.63) is 16.4 Å². The Bertz CT molecular complexity index is 541. The van der Waals surface area contributed by atoms with Crippen molar-refractivity contribution in [1.29, 1.82) is 0 Å². The zero-order valence-corrected chi connectivity index (χ0v) is 12.8. The summed E-state index contributed by atoms with van der Waals surface area (Å²) in [5.74, 6) is -0.875. The van der Waals surface area contributed by atoms with Gasteiger partial charge in [0.2, 0.25) is 0 Å². The summed E-state index contributed by atoms with van der Waals surface area (Å²) in [5, 5.41) is 4.73. The Labute approximate surface area is 123 Å². The molecular weight excluding hydrogens is 280 g/mol. The number of amides is 2. The normalized spacial score (nSPS) is 16.2. The SMILES string of the molecule is CCCN1CCN(Cc2c(C)nn(C)c2Cl)C(=O)C1=O. The van der Waals surface area contributed by atoms with E-state index in [0.717, 1.165) is 17.7 Å². The summed E-state index contributed by atoms with van der Waals surface area (Å²) < 4.78 is 1.58. The Morgan fingerprint density at radius 1 is 1.20 bits per heavy atom. The molecule has 1 aromatic heterocycles. The Hall–Kier alpha value is -1.56. The summed E-state index contributed by atoms with van der Waals surface area (Å²) in [6.45, 7) is 5.92. The molecular formula is C13H19ClN4O2. The molecule has 0 radical (unpaired) electrons. The molecule has 0 spiro atoms. The van der Waals surface area contributed by atoms with E-state index in [1.165, 1.54) is 0 Å². The van der Waals surface area contributed by atoms with E-state index in [-0.39, 0.29) is 0 Å². The summed E-state index contributed by atoms with van der Waals surface area (Å²) in [6, 6.07) is 0. The van der Waals surface area contributed by atoms with Crippen LogP contribution in [0.4, 0.5) is 0 Å². The molecule has 0 atom stereocenters. The molecule has 0 unspecified atom stereocenters. The Morgan fingerprint density at radius 2 is 1.80 bits per heavy atom. The van der Waals surface area contributed by atoms with Gasteiger partial charge in [-0.3, -0.25) is 14.3 Å². The summed E-state index contributed by atoms with van der Waals surface area (Å²) in [5.41, 5.74) is 1.59. The van der Waals surface area contributed by atoms with Crippen LogP contribution in [0.2, 0.25) is 5.15 Å². The maximum absolute atomic E-state index is 12.1. The molecule has 110 valence electrons. The van der Waals surface area contributed by atoms with E-state index >= 15 is 0 Å². The molecule has 0 N–H and O–H groups in total. The Balaban J connectivity index is 2.12. The molecule has 1 aliphatic heterocycles. The molecule has 1 fully saturated rings. The van der Waals surface area contributed by atoms with Gasteiger partial charge in [0.05, 0.1) is 12.2 Å². The number of aryl methyl sites for hydroxylation is 2. The largest absolute Gasteiger partial charge is 0.333 e. The molecule has 0 aromatic carbocycles. The van der Waals surface area contributed by atoms with E-state index < -0.39 is 11.8 Å². The van der Waals surface area contributed by atoms with E-state index in [1.807, 2.05) is 13.8 Å². The monoisotopic (exact) mass is 298 g/mol. The van der Waals surface area contributed by atoms with Crippen LogP contribution in [0.1, 0.15) is 24.6 Å². The number of nitrogens with zero attached hydrogens (tertiary/aromatic N) is 4. The summed E-state index contributed by atoms with van der Waals surface area (Å²) >= 11 is 6.16. The summed E-state index contributed by atoms with van der Waals surface area (Å²) in [6.07, 6.45) is 0.854. The molecule has 0 saturated carbocycles. The third-order valence-electron chi connectivity index (χ3n) is 3.51. The predicted molar refractivity (Wildman–Crippen MR) is 75.2 cm³/mol. The smallest absolute Gasteiger partial charge is 0.312 e. The van der Waals surface area contributed by atoms with Crippen LogP contribution in [0.15, 0.2) is 0 Å². The molecule has 0 aliphatic carbocycles. The lowest BCUT2D eigenvalue weighted by Crippen LogP contribution is -2.54. The van der Waals surface area contributed by atoms with Gasteiger partial charge in [0, 0.05) is 32.2 Å². The van der Waals surface area contributed by atoms with Gasteiger partial charge >= 0.3 is 11.8 Å². The molecule has 1 aromatic rings. The fraction of sp³-hybridized carbons (Fsp3) is 0.615. The van der Waals surface area contributed by atoms with Gasteiger partial charge in [0.15, 0.2) is 0 Å². The van der Waals surface area contributed by atoms with E-state index in [2.05, 4.69) is 5.10 Å².